The molecule has 3 rings (SSSR count). The number of benzene rings is 1. The van der Waals surface area contributed by atoms with E-state index in [1.807, 2.05) is 42.7 Å². The van der Waals surface area contributed by atoms with Gasteiger partial charge in [-0.05, 0) is 44.4 Å². The van der Waals surface area contributed by atoms with Crippen molar-refractivity contribution in [1.82, 2.24) is 15.2 Å². The van der Waals surface area contributed by atoms with Gasteiger partial charge in [-0.25, -0.2) is 0 Å². The quantitative estimate of drug-likeness (QED) is 0.355. The standard InChI is InChI=1S/C23H31N5O2/c1-3-24-23(25-13-6-7-14-28-17(2)9-8-12-22(28)30)26-16-18-15-21(29)27-20-11-5-4-10-19(18)20/h4-5,8-12,18H,3,6-7,13-16H2,1-2H3,(H,27,29)(H2,24,25,26). The summed E-state index contributed by atoms with van der Waals surface area (Å²) in [5.74, 6) is 0.880. The maximum Gasteiger partial charge on any atom is 0.250 e. The highest BCUT2D eigenvalue weighted by molar-refractivity contribution is 5.94. The van der Waals surface area contributed by atoms with Crippen molar-refractivity contribution in [3.05, 3.63) is 64.1 Å². The lowest BCUT2D eigenvalue weighted by Crippen LogP contribution is -2.38. The number of rotatable bonds is 8. The van der Waals surface area contributed by atoms with Crippen molar-refractivity contribution in [2.75, 3.05) is 25.0 Å². The summed E-state index contributed by atoms with van der Waals surface area (Å²) in [6, 6.07) is 13.3. The number of aliphatic imine (C=N–C) groups is 1. The van der Waals surface area contributed by atoms with E-state index in [9.17, 15) is 9.59 Å². The Balaban J connectivity index is 1.51. The lowest BCUT2D eigenvalue weighted by atomic mass is 9.91. The van der Waals surface area contributed by atoms with E-state index < -0.39 is 0 Å². The molecule has 2 aromatic rings. The molecule has 30 heavy (non-hydrogen) atoms. The summed E-state index contributed by atoms with van der Waals surface area (Å²) in [5.41, 5.74) is 3.07. The average molecular weight is 410 g/mol. The molecule has 0 radical (unpaired) electrons. The molecule has 1 aromatic heterocycles. The highest BCUT2D eigenvalue weighted by Crippen LogP contribution is 2.31. The number of aryl methyl sites for hydroxylation is 1. The number of nitrogens with one attached hydrogen (secondary N) is 3. The lowest BCUT2D eigenvalue weighted by Gasteiger charge is -2.24. The molecule has 1 unspecified atom stereocenters. The van der Waals surface area contributed by atoms with Crippen molar-refractivity contribution in [1.29, 1.82) is 0 Å². The van der Waals surface area contributed by atoms with E-state index in [2.05, 4.69) is 22.0 Å². The molecule has 0 aliphatic carbocycles. The van der Waals surface area contributed by atoms with Crippen LogP contribution in [-0.4, -0.2) is 36.1 Å². The average Bonchev–Trinajstić information content (AvgIpc) is 2.73. The molecular weight excluding hydrogens is 378 g/mol. The van der Waals surface area contributed by atoms with Gasteiger partial charge in [-0.15, -0.1) is 0 Å². The lowest BCUT2D eigenvalue weighted by molar-refractivity contribution is -0.116. The van der Waals surface area contributed by atoms with Crippen LogP contribution in [0.3, 0.4) is 0 Å². The second kappa shape index (κ2) is 10.6. The summed E-state index contributed by atoms with van der Waals surface area (Å²) in [7, 11) is 0. The van der Waals surface area contributed by atoms with Crippen LogP contribution >= 0.6 is 0 Å². The molecule has 1 atom stereocenters. The second-order valence-corrected chi connectivity index (χ2v) is 7.55. The van der Waals surface area contributed by atoms with Crippen LogP contribution in [0.1, 0.15) is 43.4 Å². The minimum atomic E-state index is 0.0401. The van der Waals surface area contributed by atoms with Gasteiger partial charge in [0.05, 0.1) is 6.54 Å². The van der Waals surface area contributed by atoms with Crippen LogP contribution in [-0.2, 0) is 11.3 Å². The first-order valence-corrected chi connectivity index (χ1v) is 10.7. The van der Waals surface area contributed by atoms with E-state index in [1.54, 1.807) is 12.1 Å². The molecule has 2 heterocycles. The van der Waals surface area contributed by atoms with Crippen LogP contribution < -0.4 is 21.5 Å². The summed E-state index contributed by atoms with van der Waals surface area (Å²) >= 11 is 0. The van der Waals surface area contributed by atoms with Crippen molar-refractivity contribution in [2.24, 2.45) is 4.99 Å². The first-order valence-electron chi connectivity index (χ1n) is 10.7. The molecule has 3 N–H and O–H groups in total. The van der Waals surface area contributed by atoms with Gasteiger partial charge in [0.1, 0.15) is 0 Å². The molecule has 1 aromatic carbocycles. The number of guanidine groups is 1. The van der Waals surface area contributed by atoms with Crippen molar-refractivity contribution in [3.63, 3.8) is 0 Å². The number of hydrogen-bond donors (Lipinski definition) is 3. The SMILES string of the molecule is CCNC(=NCC1CC(=O)Nc2ccccc21)NCCCCn1c(C)cccc1=O. The van der Waals surface area contributed by atoms with Gasteiger partial charge in [-0.2, -0.15) is 0 Å². The number of para-hydroxylation sites is 1. The number of carbonyl (C=O) groups is 1. The first-order chi connectivity index (χ1) is 14.6. The van der Waals surface area contributed by atoms with Crippen molar-refractivity contribution >= 4 is 17.6 Å². The van der Waals surface area contributed by atoms with Gasteiger partial charge in [0.25, 0.3) is 5.56 Å². The Morgan fingerprint density at radius 1 is 1.13 bits per heavy atom. The van der Waals surface area contributed by atoms with E-state index in [-0.39, 0.29) is 17.4 Å². The van der Waals surface area contributed by atoms with E-state index in [1.165, 1.54) is 0 Å². The van der Waals surface area contributed by atoms with Crippen molar-refractivity contribution in [3.8, 4) is 0 Å². The number of unbranched alkanes of at least 4 members (excludes halogenated alkanes) is 1. The Bertz CT molecular complexity index is 951. The van der Waals surface area contributed by atoms with E-state index in [4.69, 9.17) is 4.99 Å². The zero-order chi connectivity index (χ0) is 21.3. The smallest absolute Gasteiger partial charge is 0.250 e. The van der Waals surface area contributed by atoms with E-state index in [0.717, 1.165) is 55.4 Å². The Morgan fingerprint density at radius 3 is 2.77 bits per heavy atom. The summed E-state index contributed by atoms with van der Waals surface area (Å²) in [6.45, 7) is 6.80. The van der Waals surface area contributed by atoms with Gasteiger partial charge in [-0.1, -0.05) is 24.3 Å². The fourth-order valence-corrected chi connectivity index (χ4v) is 3.72. The number of carbonyl (C=O) groups excluding carboxylic acids is 1. The first kappa shape index (κ1) is 21.6. The third kappa shape index (κ3) is 5.72. The molecule has 0 saturated heterocycles. The number of nitrogens with zero attached hydrogens (tertiary/aromatic N) is 2. The summed E-state index contributed by atoms with van der Waals surface area (Å²) in [4.78, 5) is 28.6. The van der Waals surface area contributed by atoms with Crippen molar-refractivity contribution < 1.29 is 4.79 Å². The zero-order valence-electron chi connectivity index (χ0n) is 17.8. The number of anilines is 1. The largest absolute Gasteiger partial charge is 0.357 e. The molecule has 0 saturated carbocycles. The van der Waals surface area contributed by atoms with Crippen LogP contribution in [0.15, 0.2) is 52.3 Å². The molecule has 160 valence electrons. The molecular formula is C23H31N5O2. The molecule has 0 spiro atoms. The van der Waals surface area contributed by atoms with Gasteiger partial charge in [0.2, 0.25) is 5.91 Å². The highest BCUT2D eigenvalue weighted by atomic mass is 16.1. The number of amides is 1. The van der Waals surface area contributed by atoms with Gasteiger partial charge in [-0.3, -0.25) is 14.6 Å². The fraction of sp³-hybridized carbons (Fsp3) is 0.435. The predicted octanol–water partition coefficient (Wildman–Crippen LogP) is 2.62. The number of pyridine rings is 1. The number of fused-ring (bicyclic) bond motifs is 1. The topological polar surface area (TPSA) is 87.5 Å². The summed E-state index contributed by atoms with van der Waals surface area (Å²) in [6.07, 6.45) is 2.29. The molecule has 7 heteroatoms. The van der Waals surface area contributed by atoms with Crippen LogP contribution in [0.2, 0.25) is 0 Å². The second-order valence-electron chi connectivity index (χ2n) is 7.55. The van der Waals surface area contributed by atoms with E-state index in [0.29, 0.717) is 13.0 Å². The van der Waals surface area contributed by atoms with Gasteiger partial charge < -0.3 is 20.5 Å². The Morgan fingerprint density at radius 2 is 1.97 bits per heavy atom. The summed E-state index contributed by atoms with van der Waals surface area (Å²) < 4.78 is 1.81. The fourth-order valence-electron chi connectivity index (χ4n) is 3.72. The maximum atomic E-state index is 12.0. The van der Waals surface area contributed by atoms with Crippen LogP contribution in [0.5, 0.6) is 0 Å². The third-order valence-electron chi connectivity index (χ3n) is 5.29. The Labute approximate surface area is 177 Å². The summed E-state index contributed by atoms with van der Waals surface area (Å²) in [5, 5.41) is 9.56. The van der Waals surface area contributed by atoms with Gasteiger partial charge in [0, 0.05) is 49.4 Å². The van der Waals surface area contributed by atoms with E-state index >= 15 is 0 Å². The zero-order valence-corrected chi connectivity index (χ0v) is 17.8. The highest BCUT2D eigenvalue weighted by Gasteiger charge is 2.24. The Kier molecular flexibility index (Phi) is 7.65. The minimum absolute atomic E-state index is 0.0401. The predicted molar refractivity (Wildman–Crippen MR) is 121 cm³/mol. The van der Waals surface area contributed by atoms with Crippen LogP contribution in [0.25, 0.3) is 0 Å². The van der Waals surface area contributed by atoms with Crippen molar-refractivity contribution in [2.45, 2.75) is 45.6 Å². The van der Waals surface area contributed by atoms with Gasteiger partial charge in [0.15, 0.2) is 5.96 Å². The number of hydrogen-bond acceptors (Lipinski definition) is 3. The molecule has 1 aliphatic rings. The Hall–Kier alpha value is -3.09. The molecule has 1 amide bonds. The molecule has 0 bridgehead atoms. The van der Waals surface area contributed by atoms with Crippen LogP contribution in [0, 0.1) is 6.92 Å². The molecule has 7 nitrogen and oxygen atoms in total. The molecule has 1 aliphatic heterocycles. The van der Waals surface area contributed by atoms with Gasteiger partial charge >= 0.3 is 0 Å². The minimum Gasteiger partial charge on any atom is -0.357 e. The third-order valence-corrected chi connectivity index (χ3v) is 5.29. The van der Waals surface area contributed by atoms with Crippen LogP contribution in [0.4, 0.5) is 5.69 Å². The molecule has 0 fully saturated rings. The number of aromatic nitrogens is 1. The maximum absolute atomic E-state index is 12.0. The monoisotopic (exact) mass is 409 g/mol. The normalized spacial score (nSPS) is 16.0.